The van der Waals surface area contributed by atoms with Gasteiger partial charge in [-0.05, 0) is 49.1 Å². The summed E-state index contributed by atoms with van der Waals surface area (Å²) in [4.78, 5) is 12.1. The molecular weight excluding hydrogens is 252 g/mol. The molecular formula is C17H22O3. The van der Waals surface area contributed by atoms with Crippen LogP contribution in [0.4, 0.5) is 0 Å². The van der Waals surface area contributed by atoms with Crippen LogP contribution in [-0.2, 0) is 21.4 Å². The van der Waals surface area contributed by atoms with Crippen LogP contribution in [0.2, 0.25) is 0 Å². The van der Waals surface area contributed by atoms with E-state index in [-0.39, 0.29) is 12.0 Å². The molecule has 0 aromatic heterocycles. The van der Waals surface area contributed by atoms with E-state index in [0.29, 0.717) is 0 Å². The van der Waals surface area contributed by atoms with E-state index in [1.807, 2.05) is 18.2 Å². The van der Waals surface area contributed by atoms with Crippen molar-refractivity contribution >= 4 is 5.97 Å². The molecule has 3 nitrogen and oxygen atoms in total. The molecule has 0 aliphatic heterocycles. The van der Waals surface area contributed by atoms with Gasteiger partial charge in [0.2, 0.25) is 0 Å². The van der Waals surface area contributed by atoms with Crippen molar-refractivity contribution in [1.29, 1.82) is 0 Å². The quantitative estimate of drug-likeness (QED) is 0.921. The molecule has 3 rings (SSSR count). The number of rotatable bonds is 3. The highest BCUT2D eigenvalue weighted by molar-refractivity contribution is 5.83. The van der Waals surface area contributed by atoms with E-state index in [9.17, 15) is 9.90 Å². The smallest absolute Gasteiger partial charge is 0.314 e. The number of fused-ring (bicyclic) bond motifs is 1. The maximum Gasteiger partial charge on any atom is 0.314 e. The fraction of sp³-hybridized carbons (Fsp3) is 0.588. The number of hydrogen-bond donors (Lipinski definition) is 1. The first-order valence-electron chi connectivity index (χ1n) is 7.53. The second kappa shape index (κ2) is 5.21. The highest BCUT2D eigenvalue weighted by Gasteiger charge is 2.51. The molecule has 3 unspecified atom stereocenters. The van der Waals surface area contributed by atoms with E-state index in [0.717, 1.165) is 44.1 Å². The predicted molar refractivity (Wildman–Crippen MR) is 76.8 cm³/mol. The minimum absolute atomic E-state index is 0.197. The zero-order valence-corrected chi connectivity index (χ0v) is 12.0. The van der Waals surface area contributed by atoms with Crippen LogP contribution in [0.5, 0.6) is 0 Å². The van der Waals surface area contributed by atoms with Gasteiger partial charge in [0.1, 0.15) is 0 Å². The maximum absolute atomic E-state index is 12.1. The monoisotopic (exact) mass is 274 g/mol. The number of methoxy groups -OCH3 is 1. The molecule has 1 fully saturated rings. The Bertz CT molecular complexity index is 511. The van der Waals surface area contributed by atoms with Gasteiger partial charge in [-0.2, -0.15) is 0 Å². The summed E-state index contributed by atoms with van der Waals surface area (Å²) < 4.78 is 5.50. The lowest BCUT2D eigenvalue weighted by Crippen LogP contribution is -2.44. The van der Waals surface area contributed by atoms with Crippen LogP contribution in [0, 0.1) is 5.92 Å². The molecule has 2 aliphatic carbocycles. The van der Waals surface area contributed by atoms with Crippen LogP contribution >= 0.6 is 0 Å². The van der Waals surface area contributed by atoms with Gasteiger partial charge in [0.15, 0.2) is 0 Å². The van der Waals surface area contributed by atoms with Crippen molar-refractivity contribution in [3.63, 3.8) is 0 Å². The lowest BCUT2D eigenvalue weighted by Gasteiger charge is -2.39. The van der Waals surface area contributed by atoms with Crippen LogP contribution in [0.1, 0.15) is 43.2 Å². The number of hydrogen-bond acceptors (Lipinski definition) is 2. The van der Waals surface area contributed by atoms with Crippen LogP contribution in [-0.4, -0.2) is 24.3 Å². The lowest BCUT2D eigenvalue weighted by atomic mass is 9.65. The molecule has 0 bridgehead atoms. The van der Waals surface area contributed by atoms with E-state index in [2.05, 4.69) is 6.07 Å². The summed E-state index contributed by atoms with van der Waals surface area (Å²) in [5.74, 6) is -0.452. The van der Waals surface area contributed by atoms with Gasteiger partial charge in [-0.1, -0.05) is 30.7 Å². The summed E-state index contributed by atoms with van der Waals surface area (Å²) >= 11 is 0. The number of ether oxygens (including phenoxy) is 1. The molecule has 3 atom stereocenters. The highest BCUT2D eigenvalue weighted by atomic mass is 16.5. The summed E-state index contributed by atoms with van der Waals surface area (Å²) in [6.07, 6.45) is 5.85. The van der Waals surface area contributed by atoms with Crippen LogP contribution in [0.15, 0.2) is 24.3 Å². The van der Waals surface area contributed by atoms with Crippen molar-refractivity contribution in [2.45, 2.75) is 50.0 Å². The normalized spacial score (nSPS) is 32.9. The first-order valence-corrected chi connectivity index (χ1v) is 7.53. The predicted octanol–water partition coefficient (Wildman–Crippen LogP) is 3.16. The van der Waals surface area contributed by atoms with Crippen molar-refractivity contribution in [3.05, 3.63) is 35.4 Å². The van der Waals surface area contributed by atoms with Crippen LogP contribution < -0.4 is 0 Å². The topological polar surface area (TPSA) is 46.5 Å². The Balaban J connectivity index is 2.00. The molecule has 108 valence electrons. The SMILES string of the molecule is COC1CCCC(C2(C(=O)O)CCc3ccccc32)C1. The Hall–Kier alpha value is -1.35. The summed E-state index contributed by atoms with van der Waals surface area (Å²) in [5.41, 5.74) is 1.58. The van der Waals surface area contributed by atoms with Gasteiger partial charge in [-0.25, -0.2) is 0 Å². The summed E-state index contributed by atoms with van der Waals surface area (Å²) in [6.45, 7) is 0. The van der Waals surface area contributed by atoms with Crippen molar-refractivity contribution in [1.82, 2.24) is 0 Å². The second-order valence-corrected chi connectivity index (χ2v) is 6.15. The number of aliphatic carboxylic acids is 1. The Labute approximate surface area is 120 Å². The fourth-order valence-corrected chi connectivity index (χ4v) is 4.27. The Kier molecular flexibility index (Phi) is 3.55. The first-order chi connectivity index (χ1) is 9.68. The van der Waals surface area contributed by atoms with E-state index in [4.69, 9.17) is 4.74 Å². The molecule has 0 saturated heterocycles. The van der Waals surface area contributed by atoms with E-state index >= 15 is 0 Å². The Morgan fingerprint density at radius 1 is 1.35 bits per heavy atom. The Morgan fingerprint density at radius 2 is 2.15 bits per heavy atom. The minimum Gasteiger partial charge on any atom is -0.481 e. The molecule has 2 aliphatic rings. The Morgan fingerprint density at radius 3 is 2.90 bits per heavy atom. The van der Waals surface area contributed by atoms with Crippen molar-refractivity contribution in [2.75, 3.05) is 7.11 Å². The van der Waals surface area contributed by atoms with Gasteiger partial charge in [0.25, 0.3) is 0 Å². The van der Waals surface area contributed by atoms with Gasteiger partial charge in [-0.15, -0.1) is 0 Å². The van der Waals surface area contributed by atoms with Gasteiger partial charge < -0.3 is 9.84 Å². The van der Waals surface area contributed by atoms with Gasteiger partial charge in [-0.3, -0.25) is 4.79 Å². The van der Waals surface area contributed by atoms with Gasteiger partial charge in [0, 0.05) is 7.11 Å². The molecule has 20 heavy (non-hydrogen) atoms. The van der Waals surface area contributed by atoms with E-state index in [1.165, 1.54) is 5.56 Å². The van der Waals surface area contributed by atoms with Gasteiger partial charge in [0.05, 0.1) is 11.5 Å². The summed E-state index contributed by atoms with van der Waals surface area (Å²) in [7, 11) is 1.74. The molecule has 0 spiro atoms. The van der Waals surface area contributed by atoms with Crippen LogP contribution in [0.3, 0.4) is 0 Å². The number of carbonyl (C=O) groups is 1. The van der Waals surface area contributed by atoms with Crippen molar-refractivity contribution in [2.24, 2.45) is 5.92 Å². The van der Waals surface area contributed by atoms with E-state index < -0.39 is 11.4 Å². The third kappa shape index (κ3) is 1.96. The molecule has 1 saturated carbocycles. The standard InChI is InChI=1S/C17H22O3/c1-20-14-7-4-6-13(11-14)17(16(18)19)10-9-12-5-2-3-8-15(12)17/h2-3,5,8,13-14H,4,6-7,9-11H2,1H3,(H,18,19). The molecule has 1 aromatic rings. The maximum atomic E-state index is 12.1. The summed E-state index contributed by atoms with van der Waals surface area (Å²) in [6, 6.07) is 8.08. The number of aryl methyl sites for hydroxylation is 1. The molecule has 0 radical (unpaired) electrons. The van der Waals surface area contributed by atoms with E-state index in [1.54, 1.807) is 7.11 Å². The molecule has 0 amide bonds. The zero-order chi connectivity index (χ0) is 14.2. The number of carboxylic acids is 1. The van der Waals surface area contributed by atoms with Crippen molar-refractivity contribution in [3.8, 4) is 0 Å². The highest BCUT2D eigenvalue weighted by Crippen LogP contribution is 2.49. The van der Waals surface area contributed by atoms with Crippen molar-refractivity contribution < 1.29 is 14.6 Å². The molecule has 3 heteroatoms. The fourth-order valence-electron chi connectivity index (χ4n) is 4.27. The van der Waals surface area contributed by atoms with Gasteiger partial charge >= 0.3 is 5.97 Å². The molecule has 1 N–H and O–H groups in total. The molecule has 1 aromatic carbocycles. The zero-order valence-electron chi connectivity index (χ0n) is 12.0. The van der Waals surface area contributed by atoms with Crippen LogP contribution in [0.25, 0.3) is 0 Å². The third-order valence-corrected chi connectivity index (χ3v) is 5.32. The summed E-state index contributed by atoms with van der Waals surface area (Å²) in [5, 5.41) is 9.98. The lowest BCUT2D eigenvalue weighted by molar-refractivity contribution is -0.147. The second-order valence-electron chi connectivity index (χ2n) is 6.15. The third-order valence-electron chi connectivity index (χ3n) is 5.32. The number of carboxylic acid groups (broad SMARTS) is 1. The minimum atomic E-state index is -0.687. The average Bonchev–Trinajstić information content (AvgIpc) is 2.88. The number of benzene rings is 1. The molecule has 0 heterocycles. The largest absolute Gasteiger partial charge is 0.481 e. The average molecular weight is 274 g/mol. The first kappa shape index (κ1) is 13.6.